The molecule has 0 aliphatic heterocycles. The summed E-state index contributed by atoms with van der Waals surface area (Å²) in [5.41, 5.74) is 1.49. The smallest absolute Gasteiger partial charge is 0.373 e. The first-order chi connectivity index (χ1) is 11.6. The molecule has 2 aromatic heterocycles. The molecule has 0 saturated carbocycles. The number of fused-ring (bicyclic) bond motifs is 1. The van der Waals surface area contributed by atoms with Crippen molar-refractivity contribution >= 4 is 34.7 Å². The van der Waals surface area contributed by atoms with E-state index in [1.165, 1.54) is 18.9 Å². The second-order valence-corrected chi connectivity index (χ2v) is 5.85. The molecule has 3 rings (SSSR count). The maximum Gasteiger partial charge on any atom is 0.373 e. The van der Waals surface area contributed by atoms with Crippen LogP contribution in [0.4, 0.5) is 0 Å². The minimum Gasteiger partial charge on any atom is -0.480 e. The van der Waals surface area contributed by atoms with Crippen molar-refractivity contribution < 1.29 is 23.8 Å². The van der Waals surface area contributed by atoms with Gasteiger partial charge in [-0.25, -0.2) is 9.78 Å². The van der Waals surface area contributed by atoms with Gasteiger partial charge in [-0.2, -0.15) is 0 Å². The first-order valence-corrected chi connectivity index (χ1v) is 8.04. The molecule has 2 heterocycles. The highest BCUT2D eigenvalue weighted by molar-refractivity contribution is 7.98. The summed E-state index contributed by atoms with van der Waals surface area (Å²) in [5, 5.41) is 9.70. The van der Waals surface area contributed by atoms with Gasteiger partial charge in [-0.3, -0.25) is 4.79 Å². The van der Waals surface area contributed by atoms with Crippen LogP contribution in [-0.4, -0.2) is 33.7 Å². The second-order valence-electron chi connectivity index (χ2n) is 4.91. The van der Waals surface area contributed by atoms with Gasteiger partial charge in [0.05, 0.1) is 23.9 Å². The number of hydrogen-bond donors (Lipinski definition) is 1. The van der Waals surface area contributed by atoms with Gasteiger partial charge in [-0.1, -0.05) is 23.9 Å². The standard InChI is InChI=1S/C16H14N2O5S/c1-22-15(21)13-7-6-10(23-13)9-24-16-17-11-4-2-3-5-12(11)18(16)8-14(19)20/h2-7H,8-9H2,1H3,(H,19,20). The third-order valence-corrected chi connectivity index (χ3v) is 4.30. The summed E-state index contributed by atoms with van der Waals surface area (Å²) in [5.74, 6) is -0.350. The quantitative estimate of drug-likeness (QED) is 0.542. The van der Waals surface area contributed by atoms with Gasteiger partial charge in [-0.15, -0.1) is 0 Å². The number of thioether (sulfide) groups is 1. The molecule has 1 aromatic carbocycles. The molecule has 0 spiro atoms. The van der Waals surface area contributed by atoms with E-state index in [2.05, 4.69) is 9.72 Å². The van der Waals surface area contributed by atoms with Gasteiger partial charge >= 0.3 is 11.9 Å². The summed E-state index contributed by atoms with van der Waals surface area (Å²) in [6.45, 7) is -0.172. The van der Waals surface area contributed by atoms with Gasteiger partial charge in [0.15, 0.2) is 5.16 Å². The predicted molar refractivity (Wildman–Crippen MR) is 87.0 cm³/mol. The second kappa shape index (κ2) is 6.79. The number of para-hydroxylation sites is 2. The molecular weight excluding hydrogens is 332 g/mol. The number of furan rings is 1. The van der Waals surface area contributed by atoms with Gasteiger partial charge in [0, 0.05) is 0 Å². The van der Waals surface area contributed by atoms with E-state index >= 15 is 0 Å². The number of imidazole rings is 1. The first-order valence-electron chi connectivity index (χ1n) is 7.05. The number of ether oxygens (including phenoxy) is 1. The van der Waals surface area contributed by atoms with Gasteiger partial charge in [0.2, 0.25) is 5.76 Å². The monoisotopic (exact) mass is 346 g/mol. The Morgan fingerprint density at radius 1 is 1.29 bits per heavy atom. The van der Waals surface area contributed by atoms with Crippen LogP contribution in [-0.2, 0) is 21.8 Å². The van der Waals surface area contributed by atoms with E-state index in [1.54, 1.807) is 16.7 Å². The van der Waals surface area contributed by atoms with Crippen molar-refractivity contribution in [1.29, 1.82) is 0 Å². The van der Waals surface area contributed by atoms with Gasteiger partial charge in [0.25, 0.3) is 0 Å². The lowest BCUT2D eigenvalue weighted by molar-refractivity contribution is -0.137. The summed E-state index contributed by atoms with van der Waals surface area (Å²) in [6, 6.07) is 10.6. The summed E-state index contributed by atoms with van der Waals surface area (Å²) >= 11 is 1.34. The number of nitrogens with zero attached hydrogens (tertiary/aromatic N) is 2. The Hall–Kier alpha value is -2.74. The topological polar surface area (TPSA) is 94.6 Å². The molecule has 8 heteroatoms. The number of hydrogen-bond acceptors (Lipinski definition) is 6. The van der Waals surface area contributed by atoms with Crippen LogP contribution in [0, 0.1) is 0 Å². The van der Waals surface area contributed by atoms with Crippen LogP contribution in [0.2, 0.25) is 0 Å². The Bertz CT molecular complexity index is 899. The molecule has 0 bridgehead atoms. The number of aliphatic carboxylic acids is 1. The first kappa shape index (κ1) is 16.1. The largest absolute Gasteiger partial charge is 0.480 e. The molecule has 0 atom stereocenters. The molecule has 3 aromatic rings. The SMILES string of the molecule is COC(=O)c1ccc(CSc2nc3ccccc3n2CC(=O)O)o1. The average molecular weight is 346 g/mol. The predicted octanol–water partition coefficient (Wildman–Crippen LogP) is 2.79. The molecule has 0 unspecified atom stereocenters. The number of carboxylic acid groups (broad SMARTS) is 1. The van der Waals surface area contributed by atoms with Crippen LogP contribution in [0.15, 0.2) is 46.0 Å². The minimum atomic E-state index is -0.939. The number of aromatic nitrogens is 2. The van der Waals surface area contributed by atoms with Crippen molar-refractivity contribution in [3.05, 3.63) is 47.9 Å². The number of benzene rings is 1. The summed E-state index contributed by atoms with van der Waals surface area (Å²) < 4.78 is 11.6. The molecule has 0 saturated heterocycles. The zero-order valence-corrected chi connectivity index (χ0v) is 13.6. The van der Waals surface area contributed by atoms with Crippen molar-refractivity contribution in [1.82, 2.24) is 9.55 Å². The molecule has 0 fully saturated rings. The molecule has 0 radical (unpaired) electrons. The summed E-state index contributed by atoms with van der Waals surface area (Å²) in [6.07, 6.45) is 0. The number of esters is 1. The normalized spacial score (nSPS) is 10.9. The van der Waals surface area contributed by atoms with Crippen molar-refractivity contribution in [3.8, 4) is 0 Å². The van der Waals surface area contributed by atoms with E-state index in [0.717, 1.165) is 11.0 Å². The Balaban J connectivity index is 1.83. The Morgan fingerprint density at radius 3 is 2.83 bits per heavy atom. The lowest BCUT2D eigenvalue weighted by atomic mass is 10.3. The van der Waals surface area contributed by atoms with Crippen molar-refractivity contribution in [2.24, 2.45) is 0 Å². The van der Waals surface area contributed by atoms with E-state index in [0.29, 0.717) is 16.7 Å². The van der Waals surface area contributed by atoms with Crippen LogP contribution < -0.4 is 0 Å². The van der Waals surface area contributed by atoms with E-state index in [1.807, 2.05) is 24.3 Å². The van der Waals surface area contributed by atoms with Crippen LogP contribution >= 0.6 is 11.8 Å². The zero-order chi connectivity index (χ0) is 17.1. The van der Waals surface area contributed by atoms with Crippen molar-refractivity contribution in [3.63, 3.8) is 0 Å². The minimum absolute atomic E-state index is 0.132. The van der Waals surface area contributed by atoms with E-state index < -0.39 is 11.9 Å². The molecular formula is C16H14N2O5S. The lowest BCUT2D eigenvalue weighted by Gasteiger charge is -2.05. The van der Waals surface area contributed by atoms with E-state index in [4.69, 9.17) is 9.52 Å². The van der Waals surface area contributed by atoms with Crippen molar-refractivity contribution in [2.75, 3.05) is 7.11 Å². The summed E-state index contributed by atoms with van der Waals surface area (Å²) in [7, 11) is 1.29. The number of carbonyl (C=O) groups excluding carboxylic acids is 1. The van der Waals surface area contributed by atoms with Crippen molar-refractivity contribution in [2.45, 2.75) is 17.5 Å². The highest BCUT2D eigenvalue weighted by atomic mass is 32.2. The lowest BCUT2D eigenvalue weighted by Crippen LogP contribution is -2.09. The molecule has 1 N–H and O–H groups in total. The fourth-order valence-electron chi connectivity index (χ4n) is 2.25. The average Bonchev–Trinajstić information content (AvgIpc) is 3.17. The number of methoxy groups -OCH3 is 1. The number of rotatable bonds is 6. The number of carbonyl (C=O) groups is 2. The third kappa shape index (κ3) is 3.28. The Kier molecular flexibility index (Phi) is 4.57. The van der Waals surface area contributed by atoms with Crippen LogP contribution in [0.5, 0.6) is 0 Å². The maximum absolute atomic E-state index is 11.4. The molecule has 0 amide bonds. The number of carboxylic acids is 1. The van der Waals surface area contributed by atoms with Gasteiger partial charge in [0.1, 0.15) is 12.3 Å². The zero-order valence-electron chi connectivity index (χ0n) is 12.8. The third-order valence-electron chi connectivity index (χ3n) is 3.30. The Morgan fingerprint density at radius 2 is 2.08 bits per heavy atom. The van der Waals surface area contributed by atoms with E-state index in [9.17, 15) is 9.59 Å². The van der Waals surface area contributed by atoms with Crippen LogP contribution in [0.3, 0.4) is 0 Å². The highest BCUT2D eigenvalue weighted by Gasteiger charge is 2.15. The van der Waals surface area contributed by atoms with Gasteiger partial charge in [-0.05, 0) is 24.3 Å². The fourth-order valence-corrected chi connectivity index (χ4v) is 3.16. The molecule has 0 aliphatic rings. The fraction of sp³-hybridized carbons (Fsp3) is 0.188. The molecule has 7 nitrogen and oxygen atoms in total. The van der Waals surface area contributed by atoms with E-state index in [-0.39, 0.29) is 12.3 Å². The molecule has 0 aliphatic carbocycles. The van der Waals surface area contributed by atoms with Gasteiger partial charge < -0.3 is 18.8 Å². The summed E-state index contributed by atoms with van der Waals surface area (Å²) in [4.78, 5) is 27.0. The Labute approximate surface area is 141 Å². The van der Waals surface area contributed by atoms with Crippen LogP contribution in [0.25, 0.3) is 11.0 Å². The van der Waals surface area contributed by atoms with Crippen LogP contribution in [0.1, 0.15) is 16.3 Å². The molecule has 124 valence electrons. The molecule has 24 heavy (non-hydrogen) atoms. The highest BCUT2D eigenvalue weighted by Crippen LogP contribution is 2.27. The maximum atomic E-state index is 11.4.